The van der Waals surface area contributed by atoms with Gasteiger partial charge in [0.25, 0.3) is 0 Å². The second kappa shape index (κ2) is 7.05. The first kappa shape index (κ1) is 12.8. The molecule has 0 spiro atoms. The summed E-state index contributed by atoms with van der Waals surface area (Å²) in [5, 5.41) is 0. The Bertz CT molecular complexity index is 262. The molecule has 15 heavy (non-hydrogen) atoms. The van der Waals surface area contributed by atoms with Crippen LogP contribution in [0.15, 0.2) is 12.1 Å². The molecule has 0 bridgehead atoms. The minimum Gasteiger partial charge on any atom is -0.146 e. The molecule has 0 radical (unpaired) electrons. The number of thiophene rings is 1. The van der Waals surface area contributed by atoms with Crippen LogP contribution in [0.3, 0.4) is 0 Å². The van der Waals surface area contributed by atoms with Crippen molar-refractivity contribution in [2.24, 2.45) is 5.92 Å². The fraction of sp³-hybridized carbons (Fsp3) is 0.714. The highest BCUT2D eigenvalue weighted by Gasteiger charge is 1.99. The Kier molecular flexibility index (Phi) is 6.00. The summed E-state index contributed by atoms with van der Waals surface area (Å²) in [4.78, 5) is 3.01. The molecule has 0 saturated carbocycles. The molecule has 0 N–H and O–H groups in total. The SMILES string of the molecule is CCC(C)CCCCCc1ccc(C)s1. The molecule has 0 aliphatic carbocycles. The van der Waals surface area contributed by atoms with E-state index in [9.17, 15) is 0 Å². The highest BCUT2D eigenvalue weighted by molar-refractivity contribution is 7.11. The fourth-order valence-electron chi connectivity index (χ4n) is 1.79. The van der Waals surface area contributed by atoms with Crippen molar-refractivity contribution in [1.29, 1.82) is 0 Å². The van der Waals surface area contributed by atoms with Gasteiger partial charge in [-0.25, -0.2) is 0 Å². The standard InChI is InChI=1S/C14H24S/c1-4-12(2)8-6-5-7-9-14-11-10-13(3)15-14/h10-12H,4-9H2,1-3H3. The molecular weight excluding hydrogens is 200 g/mol. The Hall–Kier alpha value is -0.300. The van der Waals surface area contributed by atoms with Crippen LogP contribution < -0.4 is 0 Å². The molecular formula is C14H24S. The number of rotatable bonds is 7. The van der Waals surface area contributed by atoms with Crippen molar-refractivity contribution in [2.75, 3.05) is 0 Å². The molecule has 1 atom stereocenters. The molecule has 1 aromatic heterocycles. The third-order valence-electron chi connectivity index (χ3n) is 3.11. The second-order valence-electron chi connectivity index (χ2n) is 4.63. The molecule has 1 unspecified atom stereocenters. The summed E-state index contributed by atoms with van der Waals surface area (Å²) in [5.41, 5.74) is 0. The lowest BCUT2D eigenvalue weighted by molar-refractivity contribution is 0.479. The molecule has 1 heterocycles. The maximum absolute atomic E-state index is 2.36. The topological polar surface area (TPSA) is 0 Å². The number of hydrogen-bond donors (Lipinski definition) is 0. The molecule has 1 rings (SSSR count). The second-order valence-corrected chi connectivity index (χ2v) is 6.00. The van der Waals surface area contributed by atoms with Crippen molar-refractivity contribution in [1.82, 2.24) is 0 Å². The fourth-order valence-corrected chi connectivity index (χ4v) is 2.72. The lowest BCUT2D eigenvalue weighted by Crippen LogP contribution is -1.92. The molecule has 0 aliphatic heterocycles. The molecule has 0 amide bonds. The van der Waals surface area contributed by atoms with Crippen LogP contribution in [0.1, 0.15) is 55.7 Å². The van der Waals surface area contributed by atoms with Gasteiger partial charge in [-0.2, -0.15) is 0 Å². The first-order chi connectivity index (χ1) is 7.22. The van der Waals surface area contributed by atoms with E-state index in [0.717, 1.165) is 5.92 Å². The van der Waals surface area contributed by atoms with Crippen molar-refractivity contribution in [3.63, 3.8) is 0 Å². The zero-order valence-corrected chi connectivity index (χ0v) is 11.2. The van der Waals surface area contributed by atoms with Crippen LogP contribution in [0.4, 0.5) is 0 Å². The summed E-state index contributed by atoms with van der Waals surface area (Å²) in [6.07, 6.45) is 8.24. The van der Waals surface area contributed by atoms with Crippen LogP contribution >= 0.6 is 11.3 Å². The van der Waals surface area contributed by atoms with E-state index < -0.39 is 0 Å². The van der Waals surface area contributed by atoms with E-state index in [1.54, 1.807) is 4.88 Å². The number of aryl methyl sites for hydroxylation is 2. The van der Waals surface area contributed by atoms with E-state index in [2.05, 4.69) is 32.9 Å². The monoisotopic (exact) mass is 224 g/mol. The van der Waals surface area contributed by atoms with Gasteiger partial charge in [0.15, 0.2) is 0 Å². The molecule has 0 nitrogen and oxygen atoms in total. The van der Waals surface area contributed by atoms with Gasteiger partial charge in [0, 0.05) is 9.75 Å². The molecule has 1 heteroatoms. The van der Waals surface area contributed by atoms with Crippen LogP contribution in [0.2, 0.25) is 0 Å². The van der Waals surface area contributed by atoms with Gasteiger partial charge >= 0.3 is 0 Å². The van der Waals surface area contributed by atoms with Crippen molar-refractivity contribution in [2.45, 2.75) is 59.3 Å². The predicted molar refractivity (Wildman–Crippen MR) is 70.7 cm³/mol. The van der Waals surface area contributed by atoms with Gasteiger partial charge in [0.1, 0.15) is 0 Å². The Morgan fingerprint density at radius 3 is 2.60 bits per heavy atom. The average molecular weight is 224 g/mol. The minimum absolute atomic E-state index is 0.925. The van der Waals surface area contributed by atoms with Crippen molar-refractivity contribution in [3.05, 3.63) is 21.9 Å². The summed E-state index contributed by atoms with van der Waals surface area (Å²) >= 11 is 1.96. The molecule has 0 saturated heterocycles. The lowest BCUT2D eigenvalue weighted by atomic mass is 10.0. The first-order valence-corrected chi connectivity index (χ1v) is 7.09. The van der Waals surface area contributed by atoms with Crippen LogP contribution in [-0.4, -0.2) is 0 Å². The third-order valence-corrected chi connectivity index (χ3v) is 4.17. The molecule has 86 valence electrons. The van der Waals surface area contributed by atoms with E-state index in [1.807, 2.05) is 11.3 Å². The summed E-state index contributed by atoms with van der Waals surface area (Å²) in [6, 6.07) is 4.52. The van der Waals surface area contributed by atoms with Gasteiger partial charge in [0.2, 0.25) is 0 Å². The van der Waals surface area contributed by atoms with Gasteiger partial charge < -0.3 is 0 Å². The van der Waals surface area contributed by atoms with Gasteiger partial charge in [-0.05, 0) is 37.8 Å². The Morgan fingerprint density at radius 2 is 2.00 bits per heavy atom. The Labute approximate surface area is 98.7 Å². The first-order valence-electron chi connectivity index (χ1n) is 6.27. The summed E-state index contributed by atoms with van der Waals surface area (Å²) in [6.45, 7) is 6.85. The number of hydrogen-bond acceptors (Lipinski definition) is 1. The highest BCUT2D eigenvalue weighted by atomic mass is 32.1. The van der Waals surface area contributed by atoms with E-state index in [4.69, 9.17) is 0 Å². The summed E-state index contributed by atoms with van der Waals surface area (Å²) in [5.74, 6) is 0.925. The van der Waals surface area contributed by atoms with Crippen LogP contribution in [-0.2, 0) is 6.42 Å². The molecule has 1 aromatic rings. The smallest absolute Gasteiger partial charge is 0.00480 e. The summed E-state index contributed by atoms with van der Waals surface area (Å²) in [7, 11) is 0. The van der Waals surface area contributed by atoms with Crippen LogP contribution in [0, 0.1) is 12.8 Å². The van der Waals surface area contributed by atoms with Gasteiger partial charge in [-0.15, -0.1) is 11.3 Å². The maximum atomic E-state index is 2.36. The van der Waals surface area contributed by atoms with Gasteiger partial charge in [-0.1, -0.05) is 39.5 Å². The highest BCUT2D eigenvalue weighted by Crippen LogP contribution is 2.19. The van der Waals surface area contributed by atoms with E-state index in [-0.39, 0.29) is 0 Å². The third kappa shape index (κ3) is 5.36. The lowest BCUT2D eigenvalue weighted by Gasteiger charge is -2.06. The van der Waals surface area contributed by atoms with E-state index in [0.29, 0.717) is 0 Å². The minimum atomic E-state index is 0.925. The predicted octanol–water partition coefficient (Wildman–Crippen LogP) is 5.21. The zero-order chi connectivity index (χ0) is 11.1. The molecule has 0 aliphatic rings. The van der Waals surface area contributed by atoms with Gasteiger partial charge in [-0.3, -0.25) is 0 Å². The van der Waals surface area contributed by atoms with E-state index in [1.165, 1.54) is 43.4 Å². The van der Waals surface area contributed by atoms with Gasteiger partial charge in [0.05, 0.1) is 0 Å². The zero-order valence-electron chi connectivity index (χ0n) is 10.4. The van der Waals surface area contributed by atoms with E-state index >= 15 is 0 Å². The Balaban J connectivity index is 2.02. The molecule has 0 fully saturated rings. The van der Waals surface area contributed by atoms with Crippen molar-refractivity contribution < 1.29 is 0 Å². The van der Waals surface area contributed by atoms with Crippen LogP contribution in [0.5, 0.6) is 0 Å². The van der Waals surface area contributed by atoms with Crippen LogP contribution in [0.25, 0.3) is 0 Å². The van der Waals surface area contributed by atoms with Crippen molar-refractivity contribution >= 4 is 11.3 Å². The molecule has 0 aromatic carbocycles. The normalized spacial score (nSPS) is 13.0. The Morgan fingerprint density at radius 1 is 1.20 bits per heavy atom. The average Bonchev–Trinajstić information content (AvgIpc) is 2.63. The maximum Gasteiger partial charge on any atom is 0.00480 e. The largest absolute Gasteiger partial charge is 0.146 e. The van der Waals surface area contributed by atoms with Crippen molar-refractivity contribution in [3.8, 4) is 0 Å². The number of unbranched alkanes of at least 4 members (excludes halogenated alkanes) is 2. The summed E-state index contributed by atoms with van der Waals surface area (Å²) < 4.78 is 0. The quantitative estimate of drug-likeness (QED) is 0.558.